The molecule has 5 nitrogen and oxygen atoms in total. The number of anilines is 1. The van der Waals surface area contributed by atoms with Gasteiger partial charge in [0.25, 0.3) is 5.91 Å². The van der Waals surface area contributed by atoms with E-state index in [1.807, 2.05) is 13.0 Å². The fourth-order valence-electron chi connectivity index (χ4n) is 1.85. The zero-order valence-corrected chi connectivity index (χ0v) is 13.5. The largest absolute Gasteiger partial charge is 0.493 e. The standard InChI is InChI=1S/C15H15BrN2O3/c1-9-4-13(20-2)14(21-3)6-12(9)18-15(19)10-5-11(16)8-17-7-10/h4-8H,1-3H3,(H,18,19). The second-order valence-electron chi connectivity index (χ2n) is 4.37. The van der Waals surface area contributed by atoms with Crippen LogP contribution in [0.3, 0.4) is 0 Å². The number of ether oxygens (including phenoxy) is 2. The van der Waals surface area contributed by atoms with Gasteiger partial charge in [0, 0.05) is 28.6 Å². The van der Waals surface area contributed by atoms with Gasteiger partial charge in [-0.1, -0.05) is 0 Å². The van der Waals surface area contributed by atoms with Gasteiger partial charge in [-0.05, 0) is 40.5 Å². The molecule has 21 heavy (non-hydrogen) atoms. The monoisotopic (exact) mass is 350 g/mol. The summed E-state index contributed by atoms with van der Waals surface area (Å²) in [7, 11) is 3.12. The summed E-state index contributed by atoms with van der Waals surface area (Å²) in [5.74, 6) is 0.946. The molecular formula is C15H15BrN2O3. The van der Waals surface area contributed by atoms with Crippen LogP contribution < -0.4 is 14.8 Å². The Balaban J connectivity index is 2.29. The average Bonchev–Trinajstić information content (AvgIpc) is 2.48. The molecule has 110 valence electrons. The Morgan fingerprint density at radius 1 is 1.14 bits per heavy atom. The van der Waals surface area contributed by atoms with Crippen LogP contribution in [0.2, 0.25) is 0 Å². The van der Waals surface area contributed by atoms with Crippen molar-refractivity contribution in [2.45, 2.75) is 6.92 Å². The van der Waals surface area contributed by atoms with Crippen LogP contribution >= 0.6 is 15.9 Å². The normalized spacial score (nSPS) is 10.1. The topological polar surface area (TPSA) is 60.5 Å². The van der Waals surface area contributed by atoms with Crippen molar-refractivity contribution in [1.29, 1.82) is 0 Å². The number of pyridine rings is 1. The molecule has 0 unspecified atom stereocenters. The van der Waals surface area contributed by atoms with E-state index >= 15 is 0 Å². The molecule has 0 atom stereocenters. The van der Waals surface area contributed by atoms with Crippen molar-refractivity contribution >= 4 is 27.5 Å². The van der Waals surface area contributed by atoms with Crippen LogP contribution in [-0.4, -0.2) is 25.1 Å². The molecule has 2 aromatic rings. The second-order valence-corrected chi connectivity index (χ2v) is 5.28. The van der Waals surface area contributed by atoms with Crippen LogP contribution in [0.15, 0.2) is 35.1 Å². The zero-order valence-electron chi connectivity index (χ0n) is 11.9. The molecule has 1 aromatic carbocycles. The van der Waals surface area contributed by atoms with Crippen molar-refractivity contribution in [3.63, 3.8) is 0 Å². The fraction of sp³-hybridized carbons (Fsp3) is 0.200. The number of amides is 1. The Hall–Kier alpha value is -2.08. The van der Waals surface area contributed by atoms with Gasteiger partial charge < -0.3 is 14.8 Å². The lowest BCUT2D eigenvalue weighted by Crippen LogP contribution is -2.13. The molecule has 0 fully saturated rings. The van der Waals surface area contributed by atoms with E-state index in [4.69, 9.17) is 9.47 Å². The average molecular weight is 351 g/mol. The molecule has 1 aromatic heterocycles. The molecule has 1 amide bonds. The molecule has 1 N–H and O–H groups in total. The minimum atomic E-state index is -0.237. The van der Waals surface area contributed by atoms with E-state index < -0.39 is 0 Å². The first-order valence-corrected chi connectivity index (χ1v) is 6.99. The van der Waals surface area contributed by atoms with Crippen LogP contribution in [0.5, 0.6) is 11.5 Å². The van der Waals surface area contributed by atoms with Crippen molar-refractivity contribution in [2.24, 2.45) is 0 Å². The Bertz CT molecular complexity index is 674. The number of hydrogen-bond donors (Lipinski definition) is 1. The van der Waals surface area contributed by atoms with E-state index in [9.17, 15) is 4.79 Å². The van der Waals surface area contributed by atoms with Crippen molar-refractivity contribution in [2.75, 3.05) is 19.5 Å². The number of carbonyl (C=O) groups is 1. The van der Waals surface area contributed by atoms with Crippen LogP contribution in [-0.2, 0) is 0 Å². The van der Waals surface area contributed by atoms with Gasteiger partial charge in [-0.25, -0.2) is 0 Å². The molecule has 2 rings (SSSR count). The van der Waals surface area contributed by atoms with Gasteiger partial charge in [-0.3, -0.25) is 9.78 Å². The van der Waals surface area contributed by atoms with Gasteiger partial charge in [0.05, 0.1) is 19.8 Å². The van der Waals surface area contributed by atoms with Crippen LogP contribution in [0, 0.1) is 6.92 Å². The minimum Gasteiger partial charge on any atom is -0.493 e. The molecule has 6 heteroatoms. The molecule has 0 radical (unpaired) electrons. The van der Waals surface area contributed by atoms with Gasteiger partial charge in [0.1, 0.15) is 0 Å². The third-order valence-electron chi connectivity index (χ3n) is 2.95. The highest BCUT2D eigenvalue weighted by molar-refractivity contribution is 9.10. The number of hydrogen-bond acceptors (Lipinski definition) is 4. The number of methoxy groups -OCH3 is 2. The van der Waals surface area contributed by atoms with Crippen molar-refractivity contribution in [1.82, 2.24) is 4.98 Å². The molecule has 0 aliphatic heterocycles. The summed E-state index contributed by atoms with van der Waals surface area (Å²) in [5.41, 5.74) is 2.01. The molecule has 0 spiro atoms. The zero-order chi connectivity index (χ0) is 15.4. The maximum atomic E-state index is 12.2. The Morgan fingerprint density at radius 3 is 2.43 bits per heavy atom. The number of aromatic nitrogens is 1. The third-order valence-corrected chi connectivity index (χ3v) is 3.38. The summed E-state index contributed by atoms with van der Waals surface area (Å²) < 4.78 is 11.2. The van der Waals surface area contributed by atoms with Gasteiger partial charge in [0.15, 0.2) is 11.5 Å². The number of aryl methyl sites for hydroxylation is 1. The smallest absolute Gasteiger partial charge is 0.257 e. The molecule has 0 aliphatic carbocycles. The Kier molecular flexibility index (Phi) is 4.80. The number of nitrogens with one attached hydrogen (secondary N) is 1. The lowest BCUT2D eigenvalue weighted by molar-refractivity contribution is 0.102. The second kappa shape index (κ2) is 6.58. The number of nitrogens with zero attached hydrogens (tertiary/aromatic N) is 1. The lowest BCUT2D eigenvalue weighted by Gasteiger charge is -2.13. The molecule has 1 heterocycles. The predicted molar refractivity (Wildman–Crippen MR) is 84.2 cm³/mol. The summed E-state index contributed by atoms with van der Waals surface area (Å²) in [4.78, 5) is 16.2. The number of benzene rings is 1. The van der Waals surface area contributed by atoms with Crippen molar-refractivity contribution in [3.05, 3.63) is 46.2 Å². The summed E-state index contributed by atoms with van der Waals surface area (Å²) in [5, 5.41) is 2.84. The van der Waals surface area contributed by atoms with Crippen molar-refractivity contribution < 1.29 is 14.3 Å². The first-order chi connectivity index (χ1) is 10.0. The van der Waals surface area contributed by atoms with Gasteiger partial charge >= 0.3 is 0 Å². The van der Waals surface area contributed by atoms with Crippen LogP contribution in [0.1, 0.15) is 15.9 Å². The fourth-order valence-corrected chi connectivity index (χ4v) is 2.21. The van der Waals surface area contributed by atoms with E-state index in [0.29, 0.717) is 22.7 Å². The predicted octanol–water partition coefficient (Wildman–Crippen LogP) is 3.42. The van der Waals surface area contributed by atoms with Crippen LogP contribution in [0.4, 0.5) is 5.69 Å². The quantitative estimate of drug-likeness (QED) is 0.917. The molecule has 0 bridgehead atoms. The van der Waals surface area contributed by atoms with Crippen LogP contribution in [0.25, 0.3) is 0 Å². The van der Waals surface area contributed by atoms with E-state index in [2.05, 4.69) is 26.2 Å². The van der Waals surface area contributed by atoms with Gasteiger partial charge in [0.2, 0.25) is 0 Å². The number of carbonyl (C=O) groups excluding carboxylic acids is 1. The summed E-state index contributed by atoms with van der Waals surface area (Å²) in [6, 6.07) is 5.25. The Morgan fingerprint density at radius 2 is 1.81 bits per heavy atom. The van der Waals surface area contributed by atoms with E-state index in [0.717, 1.165) is 10.0 Å². The maximum absolute atomic E-state index is 12.2. The highest BCUT2D eigenvalue weighted by atomic mass is 79.9. The minimum absolute atomic E-state index is 0.237. The first kappa shape index (κ1) is 15.3. The summed E-state index contributed by atoms with van der Waals surface area (Å²) in [6.07, 6.45) is 3.13. The van der Waals surface area contributed by atoms with Crippen molar-refractivity contribution in [3.8, 4) is 11.5 Å². The number of rotatable bonds is 4. The summed E-state index contributed by atoms with van der Waals surface area (Å²) >= 11 is 3.29. The highest BCUT2D eigenvalue weighted by Crippen LogP contribution is 2.33. The molecule has 0 saturated heterocycles. The maximum Gasteiger partial charge on any atom is 0.257 e. The highest BCUT2D eigenvalue weighted by Gasteiger charge is 2.12. The van der Waals surface area contributed by atoms with E-state index in [1.54, 1.807) is 32.5 Å². The SMILES string of the molecule is COc1cc(C)c(NC(=O)c2cncc(Br)c2)cc1OC. The number of halogens is 1. The summed E-state index contributed by atoms with van der Waals surface area (Å²) in [6.45, 7) is 1.89. The van der Waals surface area contributed by atoms with E-state index in [-0.39, 0.29) is 5.91 Å². The van der Waals surface area contributed by atoms with E-state index in [1.165, 1.54) is 6.20 Å². The Labute approximate surface area is 131 Å². The molecule has 0 saturated carbocycles. The lowest BCUT2D eigenvalue weighted by atomic mass is 10.1. The third kappa shape index (κ3) is 3.52. The van der Waals surface area contributed by atoms with Gasteiger partial charge in [-0.2, -0.15) is 0 Å². The molecular weight excluding hydrogens is 336 g/mol. The van der Waals surface area contributed by atoms with Gasteiger partial charge in [-0.15, -0.1) is 0 Å². The first-order valence-electron chi connectivity index (χ1n) is 6.19. The molecule has 0 aliphatic rings.